The van der Waals surface area contributed by atoms with E-state index in [9.17, 15) is 40.3 Å². The number of hydrogen-bond acceptors (Lipinski definition) is 2. The van der Waals surface area contributed by atoms with Crippen molar-refractivity contribution < 1.29 is 40.3 Å². The lowest BCUT2D eigenvalue weighted by Crippen LogP contribution is -2.50. The van der Waals surface area contributed by atoms with Gasteiger partial charge in [0, 0.05) is 10.0 Å². The van der Waals surface area contributed by atoms with Crippen molar-refractivity contribution in [3.8, 4) is 0 Å². The standard InChI is InChI=1S/C23H15BrCl3F7N2O2/c24-14-5-10(17(28)8-13(23(32,33)34)11-6-15(25)18(27)16(26)7-11)1-2-12(14)19(37)36-21(3-4-21)20(38)35-9-22(29,30)31/h1-2,5-8,13H,3-4,9H2,(H,35,38)(H,36,37)/b17-8-. The molecule has 1 fully saturated rings. The predicted molar refractivity (Wildman–Crippen MR) is 132 cm³/mol. The van der Waals surface area contributed by atoms with Crippen LogP contribution in [0.1, 0.15) is 40.2 Å². The third-order valence-electron chi connectivity index (χ3n) is 5.51. The Hall–Kier alpha value is -2.02. The Balaban J connectivity index is 1.82. The fourth-order valence-electron chi connectivity index (χ4n) is 3.39. The number of alkyl halides is 6. The van der Waals surface area contributed by atoms with Crippen LogP contribution >= 0.6 is 50.7 Å². The highest BCUT2D eigenvalue weighted by Crippen LogP contribution is 2.42. The second kappa shape index (κ2) is 11.2. The Morgan fingerprint density at radius 2 is 1.61 bits per heavy atom. The van der Waals surface area contributed by atoms with Gasteiger partial charge in [-0.25, -0.2) is 4.39 Å². The Morgan fingerprint density at radius 3 is 2.08 bits per heavy atom. The number of rotatable bonds is 7. The molecule has 1 aliphatic carbocycles. The first kappa shape index (κ1) is 30.5. The minimum Gasteiger partial charge on any atom is -0.345 e. The molecule has 1 aliphatic rings. The molecule has 2 aromatic carbocycles. The number of allylic oxidation sites excluding steroid dienone is 1. The van der Waals surface area contributed by atoms with E-state index in [4.69, 9.17) is 34.8 Å². The summed E-state index contributed by atoms with van der Waals surface area (Å²) in [6.45, 7) is -1.57. The molecule has 0 heterocycles. The third kappa shape index (κ3) is 7.34. The zero-order valence-electron chi connectivity index (χ0n) is 18.6. The molecule has 2 N–H and O–H groups in total. The zero-order valence-corrected chi connectivity index (χ0v) is 22.5. The van der Waals surface area contributed by atoms with E-state index in [-0.39, 0.29) is 43.5 Å². The summed E-state index contributed by atoms with van der Waals surface area (Å²) in [4.78, 5) is 24.8. The van der Waals surface area contributed by atoms with Crippen LogP contribution in [0.5, 0.6) is 0 Å². The molecule has 0 radical (unpaired) electrons. The minimum atomic E-state index is -4.93. The van der Waals surface area contributed by atoms with Crippen LogP contribution in [0.3, 0.4) is 0 Å². The van der Waals surface area contributed by atoms with Gasteiger partial charge in [0.2, 0.25) is 5.91 Å². The summed E-state index contributed by atoms with van der Waals surface area (Å²) in [7, 11) is 0. The number of hydrogen-bond donors (Lipinski definition) is 2. The molecule has 1 saturated carbocycles. The SMILES string of the molecule is O=C(NC1(C(=O)NCC(F)(F)F)CC1)c1ccc(/C(F)=C/C(c2cc(Cl)c(Cl)c(Cl)c2)C(F)(F)F)cc1Br. The number of carbonyl (C=O) groups is 2. The topological polar surface area (TPSA) is 58.2 Å². The molecule has 1 unspecified atom stereocenters. The summed E-state index contributed by atoms with van der Waals surface area (Å²) in [5, 5.41) is 3.40. The molecule has 2 amide bonds. The lowest BCUT2D eigenvalue weighted by atomic mass is 9.96. The van der Waals surface area contributed by atoms with Crippen molar-refractivity contribution in [2.45, 2.75) is 36.7 Å². The molecule has 0 aromatic heterocycles. The maximum absolute atomic E-state index is 15.0. The molecule has 206 valence electrons. The second-order valence-corrected chi connectivity index (χ2v) is 10.4. The van der Waals surface area contributed by atoms with Crippen molar-refractivity contribution >= 4 is 68.4 Å². The van der Waals surface area contributed by atoms with Gasteiger partial charge in [0.05, 0.1) is 20.6 Å². The molecule has 1 atom stereocenters. The summed E-state index contributed by atoms with van der Waals surface area (Å²) in [5.41, 5.74) is -2.43. The van der Waals surface area contributed by atoms with Crippen LogP contribution in [-0.4, -0.2) is 36.3 Å². The minimum absolute atomic E-state index is 0.0382. The highest BCUT2D eigenvalue weighted by Gasteiger charge is 2.52. The summed E-state index contributed by atoms with van der Waals surface area (Å²) < 4.78 is 93.3. The van der Waals surface area contributed by atoms with Gasteiger partial charge in [0.25, 0.3) is 5.91 Å². The van der Waals surface area contributed by atoms with Crippen molar-refractivity contribution in [3.05, 3.63) is 72.6 Å². The fraction of sp³-hybridized carbons (Fsp3) is 0.304. The first-order valence-corrected chi connectivity index (χ1v) is 12.4. The van der Waals surface area contributed by atoms with Crippen LogP contribution in [0.2, 0.25) is 15.1 Å². The number of halogens is 11. The van der Waals surface area contributed by atoms with E-state index in [2.05, 4.69) is 21.2 Å². The summed E-state index contributed by atoms with van der Waals surface area (Å²) in [5.74, 6) is -5.59. The molecular formula is C23H15BrCl3F7N2O2. The lowest BCUT2D eigenvalue weighted by Gasteiger charge is -2.19. The highest BCUT2D eigenvalue weighted by atomic mass is 79.9. The molecule has 0 spiro atoms. The van der Waals surface area contributed by atoms with E-state index < -0.39 is 53.6 Å². The Kier molecular flexibility index (Phi) is 9.02. The predicted octanol–water partition coefficient (Wildman–Crippen LogP) is 8.01. The summed E-state index contributed by atoms with van der Waals surface area (Å²) >= 11 is 20.5. The van der Waals surface area contributed by atoms with Gasteiger partial charge < -0.3 is 10.6 Å². The molecule has 0 aliphatic heterocycles. The van der Waals surface area contributed by atoms with Crippen LogP contribution in [0, 0.1) is 0 Å². The van der Waals surface area contributed by atoms with E-state index in [0.717, 1.165) is 30.3 Å². The second-order valence-electron chi connectivity index (χ2n) is 8.36. The van der Waals surface area contributed by atoms with E-state index in [1.165, 1.54) is 0 Å². The number of carbonyl (C=O) groups excluding carboxylic acids is 2. The molecule has 0 saturated heterocycles. The highest BCUT2D eigenvalue weighted by molar-refractivity contribution is 9.10. The van der Waals surface area contributed by atoms with Crippen LogP contribution in [0.15, 0.2) is 40.9 Å². The monoisotopic (exact) mass is 668 g/mol. The van der Waals surface area contributed by atoms with Crippen molar-refractivity contribution in [2.75, 3.05) is 6.54 Å². The molecular weight excluding hydrogens is 656 g/mol. The largest absolute Gasteiger partial charge is 0.405 e. The van der Waals surface area contributed by atoms with Crippen LogP contribution in [-0.2, 0) is 4.79 Å². The van der Waals surface area contributed by atoms with Crippen molar-refractivity contribution in [2.24, 2.45) is 0 Å². The number of nitrogens with one attached hydrogen (secondary N) is 2. The van der Waals surface area contributed by atoms with Crippen LogP contribution < -0.4 is 10.6 Å². The van der Waals surface area contributed by atoms with E-state index in [1.807, 2.05) is 0 Å². The van der Waals surface area contributed by atoms with Gasteiger partial charge in [-0.05, 0) is 64.7 Å². The van der Waals surface area contributed by atoms with E-state index in [0.29, 0.717) is 6.08 Å². The lowest BCUT2D eigenvalue weighted by molar-refractivity contribution is -0.140. The summed E-state index contributed by atoms with van der Waals surface area (Å²) in [6, 6.07) is 4.99. The van der Waals surface area contributed by atoms with Gasteiger partial charge >= 0.3 is 12.4 Å². The normalized spacial score (nSPS) is 16.1. The summed E-state index contributed by atoms with van der Waals surface area (Å²) in [6.07, 6.45) is -9.05. The van der Waals surface area contributed by atoms with E-state index >= 15 is 0 Å². The van der Waals surface area contributed by atoms with Gasteiger partial charge in [0.1, 0.15) is 23.8 Å². The quantitative estimate of drug-likeness (QED) is 0.232. The van der Waals surface area contributed by atoms with Gasteiger partial charge in [-0.15, -0.1) is 0 Å². The molecule has 3 rings (SSSR count). The molecule has 15 heteroatoms. The molecule has 38 heavy (non-hydrogen) atoms. The van der Waals surface area contributed by atoms with Crippen molar-refractivity contribution in [3.63, 3.8) is 0 Å². The van der Waals surface area contributed by atoms with Gasteiger partial charge in [-0.2, -0.15) is 26.3 Å². The Morgan fingerprint density at radius 1 is 1.03 bits per heavy atom. The molecule has 2 aromatic rings. The van der Waals surface area contributed by atoms with Crippen LogP contribution in [0.25, 0.3) is 5.83 Å². The first-order valence-electron chi connectivity index (χ1n) is 10.5. The van der Waals surface area contributed by atoms with Gasteiger partial charge in [-0.3, -0.25) is 9.59 Å². The molecule has 0 bridgehead atoms. The zero-order chi connectivity index (χ0) is 28.6. The molecule has 4 nitrogen and oxygen atoms in total. The van der Waals surface area contributed by atoms with E-state index in [1.54, 1.807) is 5.32 Å². The average molecular weight is 671 g/mol. The van der Waals surface area contributed by atoms with Crippen LogP contribution in [0.4, 0.5) is 30.7 Å². The number of amides is 2. The Labute approximate surface area is 234 Å². The Bertz CT molecular complexity index is 1270. The van der Waals surface area contributed by atoms with Gasteiger partial charge in [0.15, 0.2) is 0 Å². The number of benzene rings is 2. The maximum Gasteiger partial charge on any atom is 0.405 e. The van der Waals surface area contributed by atoms with Crippen molar-refractivity contribution in [1.82, 2.24) is 10.6 Å². The smallest absolute Gasteiger partial charge is 0.345 e. The first-order chi connectivity index (χ1) is 17.4. The van der Waals surface area contributed by atoms with Gasteiger partial charge in [-0.1, -0.05) is 40.9 Å². The third-order valence-corrected chi connectivity index (χ3v) is 7.36. The van der Waals surface area contributed by atoms with Crippen molar-refractivity contribution in [1.29, 1.82) is 0 Å². The maximum atomic E-state index is 15.0. The fourth-order valence-corrected chi connectivity index (χ4v) is 4.56. The average Bonchev–Trinajstić information content (AvgIpc) is 3.58.